The second-order valence-corrected chi connectivity index (χ2v) is 3.25. The number of unbranched alkanes of at least 4 members (excludes halogenated alkanes) is 1. The molecule has 1 heteroatoms. The van der Waals surface area contributed by atoms with Gasteiger partial charge in [0.1, 0.15) is 0 Å². The first-order valence-corrected chi connectivity index (χ1v) is 4.64. The van der Waals surface area contributed by atoms with Gasteiger partial charge in [-0.25, -0.2) is 0 Å². The molecule has 0 N–H and O–H groups in total. The van der Waals surface area contributed by atoms with Crippen LogP contribution in [0.2, 0.25) is 0 Å². The first-order valence-electron chi connectivity index (χ1n) is 3.23. The maximum atomic E-state index is 3.67. The minimum Gasteiger partial charge on any atom is -0.118 e. The van der Waals surface area contributed by atoms with E-state index >= 15 is 0 Å². The van der Waals surface area contributed by atoms with E-state index in [2.05, 4.69) is 13.5 Å². The van der Waals surface area contributed by atoms with Crippen LogP contribution in [0, 0.1) is 0 Å². The minimum atomic E-state index is 1.12. The lowest BCUT2D eigenvalue weighted by atomic mass is 10.4. The van der Waals surface area contributed by atoms with E-state index in [0.717, 1.165) is 8.58 Å². The summed E-state index contributed by atoms with van der Waals surface area (Å²) in [5, 5.41) is 0. The number of hydrogen-bond acceptors (Lipinski definition) is 0. The van der Waals surface area contributed by atoms with Gasteiger partial charge >= 0.3 is 0 Å². The van der Waals surface area contributed by atoms with Crippen molar-refractivity contribution in [2.45, 2.75) is 19.8 Å². The van der Waals surface area contributed by atoms with E-state index in [9.17, 15) is 0 Å². The second kappa shape index (κ2) is 7.17. The summed E-state index contributed by atoms with van der Waals surface area (Å²) in [7, 11) is 1.12. The van der Waals surface area contributed by atoms with Crippen LogP contribution in [0.3, 0.4) is 0 Å². The van der Waals surface area contributed by atoms with Gasteiger partial charge in [-0.2, -0.15) is 0 Å². The Morgan fingerprint density at radius 2 is 2.38 bits per heavy atom. The molecule has 0 aliphatic carbocycles. The van der Waals surface area contributed by atoms with Gasteiger partial charge in [-0.15, -0.1) is 15.2 Å². The molecule has 0 aromatic carbocycles. The van der Waals surface area contributed by atoms with E-state index < -0.39 is 0 Å². The molecule has 1 atom stereocenters. The van der Waals surface area contributed by atoms with Crippen LogP contribution in [0.4, 0.5) is 0 Å². The summed E-state index contributed by atoms with van der Waals surface area (Å²) < 4.78 is 0. The number of allylic oxidation sites excluding steroid dienone is 1. The zero-order valence-electron chi connectivity index (χ0n) is 5.61. The van der Waals surface area contributed by atoms with Crippen molar-refractivity contribution in [1.29, 1.82) is 0 Å². The normalized spacial score (nSPS) is 10.6. The summed E-state index contributed by atoms with van der Waals surface area (Å²) in [5.74, 6) is 0. The molecule has 0 heterocycles. The largest absolute Gasteiger partial charge is 0.118 e. The Hall–Kier alpha value is 0.170. The van der Waals surface area contributed by atoms with Gasteiger partial charge in [-0.05, 0) is 18.7 Å². The minimum absolute atomic E-state index is 1.12. The monoisotopic (exact) mass is 130 g/mol. The molecule has 0 nitrogen and oxygen atoms in total. The fourth-order valence-electron chi connectivity index (χ4n) is 0.506. The van der Waals surface area contributed by atoms with E-state index in [0.29, 0.717) is 0 Å². The maximum absolute atomic E-state index is 3.67. The molecule has 0 aromatic heterocycles. The van der Waals surface area contributed by atoms with E-state index in [-0.39, 0.29) is 0 Å². The van der Waals surface area contributed by atoms with Crippen molar-refractivity contribution in [2.75, 3.05) is 12.3 Å². The van der Waals surface area contributed by atoms with Gasteiger partial charge in [0.25, 0.3) is 0 Å². The predicted molar refractivity (Wildman–Crippen MR) is 43.2 cm³/mol. The molecule has 0 amide bonds. The van der Waals surface area contributed by atoms with Gasteiger partial charge in [0.05, 0.1) is 0 Å². The number of rotatable bonds is 5. The molecule has 0 aliphatic heterocycles. The summed E-state index contributed by atoms with van der Waals surface area (Å²) >= 11 is 0. The van der Waals surface area contributed by atoms with Crippen molar-refractivity contribution in [1.82, 2.24) is 0 Å². The van der Waals surface area contributed by atoms with Crippen molar-refractivity contribution >= 4 is 8.58 Å². The highest BCUT2D eigenvalue weighted by Crippen LogP contribution is 2.11. The molecule has 1 unspecified atom stereocenters. The fourth-order valence-corrected chi connectivity index (χ4v) is 1.52. The van der Waals surface area contributed by atoms with E-state index in [4.69, 9.17) is 0 Å². The van der Waals surface area contributed by atoms with E-state index in [1.165, 1.54) is 25.2 Å². The summed E-state index contributed by atoms with van der Waals surface area (Å²) in [6.07, 6.45) is 7.37. The SMILES string of the molecule is C=CCPCCCC. The third kappa shape index (κ3) is 6.17. The van der Waals surface area contributed by atoms with Crippen LogP contribution in [0.15, 0.2) is 12.7 Å². The summed E-state index contributed by atoms with van der Waals surface area (Å²) in [6.45, 7) is 5.90. The van der Waals surface area contributed by atoms with E-state index in [1.54, 1.807) is 0 Å². The molecule has 0 radical (unpaired) electrons. The lowest BCUT2D eigenvalue weighted by Gasteiger charge is -1.92. The highest BCUT2D eigenvalue weighted by atomic mass is 31.1. The van der Waals surface area contributed by atoms with Crippen molar-refractivity contribution in [3.05, 3.63) is 12.7 Å². The molecule has 8 heavy (non-hydrogen) atoms. The average Bonchev–Trinajstić information content (AvgIpc) is 1.81. The molecule has 0 spiro atoms. The van der Waals surface area contributed by atoms with Gasteiger partial charge in [-0.3, -0.25) is 0 Å². The molecule has 0 aromatic rings. The van der Waals surface area contributed by atoms with Crippen molar-refractivity contribution in [3.8, 4) is 0 Å². The Kier molecular flexibility index (Phi) is 7.32. The Bertz CT molecular complexity index is 50.3. The van der Waals surface area contributed by atoms with Gasteiger partial charge in [0, 0.05) is 0 Å². The molecule has 0 aliphatic rings. The molecule has 0 saturated carbocycles. The average molecular weight is 130 g/mol. The topological polar surface area (TPSA) is 0 Å². The van der Waals surface area contributed by atoms with Crippen molar-refractivity contribution < 1.29 is 0 Å². The lowest BCUT2D eigenvalue weighted by molar-refractivity contribution is 0.894. The van der Waals surface area contributed by atoms with Crippen LogP contribution in [-0.4, -0.2) is 12.3 Å². The van der Waals surface area contributed by atoms with Crippen LogP contribution < -0.4 is 0 Å². The molecular weight excluding hydrogens is 115 g/mol. The van der Waals surface area contributed by atoms with Crippen LogP contribution in [0.1, 0.15) is 19.8 Å². The van der Waals surface area contributed by atoms with Crippen LogP contribution in [-0.2, 0) is 0 Å². The fraction of sp³-hybridized carbons (Fsp3) is 0.714. The smallest absolute Gasteiger partial charge is 0.0175 e. The first-order chi connectivity index (χ1) is 3.91. The molecular formula is C7H15P. The van der Waals surface area contributed by atoms with Crippen LogP contribution in [0.5, 0.6) is 0 Å². The van der Waals surface area contributed by atoms with Gasteiger partial charge in [0.2, 0.25) is 0 Å². The lowest BCUT2D eigenvalue weighted by Crippen LogP contribution is -1.74. The standard InChI is InChI=1S/C7H15P/c1-3-5-7-8-6-4-2/h4,8H,2-3,5-7H2,1H3. The zero-order chi connectivity index (χ0) is 6.24. The quantitative estimate of drug-likeness (QED) is 0.305. The molecule has 0 fully saturated rings. The van der Waals surface area contributed by atoms with Crippen molar-refractivity contribution in [3.63, 3.8) is 0 Å². The zero-order valence-corrected chi connectivity index (χ0v) is 6.61. The third-order valence-electron chi connectivity index (χ3n) is 0.996. The highest BCUT2D eigenvalue weighted by molar-refractivity contribution is 7.38. The van der Waals surface area contributed by atoms with Gasteiger partial charge < -0.3 is 0 Å². The summed E-state index contributed by atoms with van der Waals surface area (Å²) in [6, 6.07) is 0. The third-order valence-corrected chi connectivity index (χ3v) is 2.28. The Balaban J connectivity index is 2.62. The van der Waals surface area contributed by atoms with Crippen LogP contribution in [0.25, 0.3) is 0 Å². The molecule has 0 rings (SSSR count). The molecule has 0 saturated heterocycles. The molecule has 0 bridgehead atoms. The highest BCUT2D eigenvalue weighted by Gasteiger charge is 1.80. The Morgan fingerprint density at radius 1 is 1.62 bits per heavy atom. The van der Waals surface area contributed by atoms with E-state index in [1.807, 2.05) is 6.08 Å². The Labute approximate surface area is 54.2 Å². The maximum Gasteiger partial charge on any atom is -0.0175 e. The molecule has 48 valence electrons. The summed E-state index contributed by atoms with van der Waals surface area (Å²) in [5.41, 5.74) is 0. The Morgan fingerprint density at radius 3 is 2.88 bits per heavy atom. The second-order valence-electron chi connectivity index (χ2n) is 1.85. The summed E-state index contributed by atoms with van der Waals surface area (Å²) in [4.78, 5) is 0. The van der Waals surface area contributed by atoms with Gasteiger partial charge in [-0.1, -0.05) is 19.4 Å². The van der Waals surface area contributed by atoms with Gasteiger partial charge in [0.15, 0.2) is 0 Å². The first kappa shape index (κ1) is 8.17. The number of hydrogen-bond donors (Lipinski definition) is 0. The predicted octanol–water partition coefficient (Wildman–Crippen LogP) is 2.65. The van der Waals surface area contributed by atoms with Crippen LogP contribution >= 0.6 is 8.58 Å². The van der Waals surface area contributed by atoms with Crippen molar-refractivity contribution in [2.24, 2.45) is 0 Å².